The third kappa shape index (κ3) is 4.88. The lowest BCUT2D eigenvalue weighted by Crippen LogP contribution is -2.47. The van der Waals surface area contributed by atoms with Gasteiger partial charge in [0.2, 0.25) is 0 Å². The minimum atomic E-state index is -0.646. The van der Waals surface area contributed by atoms with Crippen molar-refractivity contribution in [2.75, 3.05) is 24.6 Å². The van der Waals surface area contributed by atoms with Crippen LogP contribution < -0.4 is 10.6 Å². The molecule has 0 aromatic heterocycles. The molecular formula is C16H24FN3OS. The van der Waals surface area contributed by atoms with Gasteiger partial charge in [0.25, 0.3) is 0 Å². The third-order valence-electron chi connectivity index (χ3n) is 3.65. The first-order chi connectivity index (χ1) is 10.5. The van der Waals surface area contributed by atoms with Crippen molar-refractivity contribution in [1.29, 1.82) is 0 Å². The fraction of sp³-hybridized carbons (Fsp3) is 0.562. The number of hydrogen-bond acceptors (Lipinski definition) is 3. The van der Waals surface area contributed by atoms with Crippen LogP contribution in [-0.2, 0) is 6.54 Å². The van der Waals surface area contributed by atoms with Crippen molar-refractivity contribution in [2.45, 2.75) is 32.4 Å². The van der Waals surface area contributed by atoms with Gasteiger partial charge < -0.3 is 15.7 Å². The van der Waals surface area contributed by atoms with E-state index in [9.17, 15) is 9.50 Å². The molecule has 1 fully saturated rings. The first-order valence-corrected chi connectivity index (χ1v) is 8.75. The zero-order chi connectivity index (χ0) is 16.0. The highest BCUT2D eigenvalue weighted by Gasteiger charge is 2.31. The van der Waals surface area contributed by atoms with Crippen LogP contribution in [0.15, 0.2) is 23.2 Å². The largest absolute Gasteiger partial charge is 0.387 e. The first-order valence-electron chi connectivity index (χ1n) is 7.60. The van der Waals surface area contributed by atoms with Gasteiger partial charge in [-0.25, -0.2) is 9.38 Å². The van der Waals surface area contributed by atoms with Crippen molar-refractivity contribution < 1.29 is 9.50 Å². The zero-order valence-corrected chi connectivity index (χ0v) is 14.0. The van der Waals surface area contributed by atoms with E-state index in [0.717, 1.165) is 30.0 Å². The summed E-state index contributed by atoms with van der Waals surface area (Å²) in [5, 5.41) is 16.7. The molecule has 1 aromatic carbocycles. The summed E-state index contributed by atoms with van der Waals surface area (Å²) in [7, 11) is 0. The molecule has 0 radical (unpaired) electrons. The molecule has 1 saturated heterocycles. The van der Waals surface area contributed by atoms with Gasteiger partial charge in [-0.05, 0) is 43.2 Å². The number of aryl methyl sites for hydroxylation is 1. The number of aliphatic imine (C=N–C) groups is 1. The minimum Gasteiger partial charge on any atom is -0.387 e. The van der Waals surface area contributed by atoms with E-state index < -0.39 is 5.60 Å². The summed E-state index contributed by atoms with van der Waals surface area (Å²) < 4.78 is 13.3. The van der Waals surface area contributed by atoms with Crippen LogP contribution in [0.2, 0.25) is 0 Å². The summed E-state index contributed by atoms with van der Waals surface area (Å²) in [4.78, 5) is 4.50. The Morgan fingerprint density at radius 3 is 2.91 bits per heavy atom. The number of guanidine groups is 1. The Hall–Kier alpha value is -1.27. The Bertz CT molecular complexity index is 530. The zero-order valence-electron chi connectivity index (χ0n) is 13.2. The van der Waals surface area contributed by atoms with Gasteiger partial charge in [-0.2, -0.15) is 11.8 Å². The normalized spacial score (nSPS) is 21.9. The highest BCUT2D eigenvalue weighted by atomic mass is 32.2. The van der Waals surface area contributed by atoms with Crippen LogP contribution >= 0.6 is 11.8 Å². The topological polar surface area (TPSA) is 56.7 Å². The van der Waals surface area contributed by atoms with Crippen molar-refractivity contribution in [3.63, 3.8) is 0 Å². The van der Waals surface area contributed by atoms with E-state index in [1.165, 1.54) is 6.07 Å². The van der Waals surface area contributed by atoms with E-state index in [4.69, 9.17) is 0 Å². The fourth-order valence-electron chi connectivity index (χ4n) is 2.30. The highest BCUT2D eigenvalue weighted by Crippen LogP contribution is 2.26. The second kappa shape index (κ2) is 7.83. The van der Waals surface area contributed by atoms with Gasteiger partial charge in [-0.15, -0.1) is 0 Å². The Balaban J connectivity index is 1.95. The molecule has 0 amide bonds. The summed E-state index contributed by atoms with van der Waals surface area (Å²) in [6.07, 6.45) is 0.807. The van der Waals surface area contributed by atoms with Crippen LogP contribution in [0.25, 0.3) is 0 Å². The molecule has 1 aliphatic rings. The summed E-state index contributed by atoms with van der Waals surface area (Å²) in [5.41, 5.74) is 0.946. The van der Waals surface area contributed by atoms with Gasteiger partial charge in [-0.1, -0.05) is 12.1 Å². The first kappa shape index (κ1) is 17.1. The molecule has 1 heterocycles. The van der Waals surface area contributed by atoms with Crippen LogP contribution in [-0.4, -0.2) is 41.3 Å². The maximum Gasteiger partial charge on any atom is 0.191 e. The molecule has 1 atom stereocenters. The molecule has 22 heavy (non-hydrogen) atoms. The maximum atomic E-state index is 13.3. The van der Waals surface area contributed by atoms with Crippen LogP contribution in [0.3, 0.4) is 0 Å². The monoisotopic (exact) mass is 325 g/mol. The highest BCUT2D eigenvalue weighted by molar-refractivity contribution is 7.99. The van der Waals surface area contributed by atoms with Crippen molar-refractivity contribution >= 4 is 17.7 Å². The summed E-state index contributed by atoms with van der Waals surface area (Å²) in [5.74, 6) is 2.24. The number of hydrogen-bond donors (Lipinski definition) is 3. The second-order valence-corrected chi connectivity index (χ2v) is 6.76. The molecule has 0 spiro atoms. The summed E-state index contributed by atoms with van der Waals surface area (Å²) in [6, 6.07) is 5.03. The van der Waals surface area contributed by atoms with E-state index in [1.807, 2.05) is 13.0 Å². The average Bonchev–Trinajstić information content (AvgIpc) is 2.93. The van der Waals surface area contributed by atoms with Crippen molar-refractivity contribution in [3.05, 3.63) is 35.1 Å². The average molecular weight is 325 g/mol. The van der Waals surface area contributed by atoms with E-state index >= 15 is 0 Å². The SMILES string of the molecule is CCNC(=NCc1ccc(F)c(C)c1)NCC1(O)CCSC1. The van der Waals surface area contributed by atoms with E-state index in [0.29, 0.717) is 24.6 Å². The lowest BCUT2D eigenvalue weighted by molar-refractivity contribution is 0.0724. The second-order valence-electron chi connectivity index (χ2n) is 5.66. The number of nitrogens with zero attached hydrogens (tertiary/aromatic N) is 1. The Labute approximate surface area is 135 Å². The molecule has 4 nitrogen and oxygen atoms in total. The van der Waals surface area contributed by atoms with Crippen LogP contribution in [0.4, 0.5) is 4.39 Å². The summed E-state index contributed by atoms with van der Waals surface area (Å²) >= 11 is 1.77. The number of aliphatic hydroxyl groups is 1. The number of thioether (sulfide) groups is 1. The quantitative estimate of drug-likeness (QED) is 0.573. The Morgan fingerprint density at radius 1 is 1.45 bits per heavy atom. The van der Waals surface area contributed by atoms with Gasteiger partial charge in [0.1, 0.15) is 5.82 Å². The van der Waals surface area contributed by atoms with Gasteiger partial charge >= 0.3 is 0 Å². The van der Waals surface area contributed by atoms with Crippen LogP contribution in [0.5, 0.6) is 0 Å². The number of benzene rings is 1. The lowest BCUT2D eigenvalue weighted by atomic mass is 10.0. The number of rotatable bonds is 5. The molecule has 1 aliphatic heterocycles. The van der Waals surface area contributed by atoms with Gasteiger partial charge in [0.15, 0.2) is 5.96 Å². The molecule has 2 rings (SSSR count). The molecule has 0 aliphatic carbocycles. The van der Waals surface area contributed by atoms with Crippen LogP contribution in [0.1, 0.15) is 24.5 Å². The summed E-state index contributed by atoms with van der Waals surface area (Å²) in [6.45, 7) is 5.47. The van der Waals surface area contributed by atoms with Gasteiger partial charge in [0.05, 0.1) is 12.1 Å². The molecule has 122 valence electrons. The Morgan fingerprint density at radius 2 is 2.27 bits per heavy atom. The van der Waals surface area contributed by atoms with Crippen LogP contribution in [0, 0.1) is 12.7 Å². The van der Waals surface area contributed by atoms with E-state index in [-0.39, 0.29) is 5.82 Å². The fourth-order valence-corrected chi connectivity index (χ4v) is 3.60. The standard InChI is InChI=1S/C16H24FN3OS/c1-3-18-15(20-10-16(21)6-7-22-11-16)19-9-13-4-5-14(17)12(2)8-13/h4-5,8,21H,3,6-7,9-11H2,1-2H3,(H2,18,19,20). The molecular weight excluding hydrogens is 301 g/mol. The predicted molar refractivity (Wildman–Crippen MR) is 90.8 cm³/mol. The van der Waals surface area contributed by atoms with E-state index in [1.54, 1.807) is 24.8 Å². The molecule has 1 aromatic rings. The number of nitrogens with one attached hydrogen (secondary N) is 2. The van der Waals surface area contributed by atoms with E-state index in [2.05, 4.69) is 15.6 Å². The maximum absolute atomic E-state index is 13.3. The molecule has 3 N–H and O–H groups in total. The predicted octanol–water partition coefficient (Wildman–Crippen LogP) is 2.06. The lowest BCUT2D eigenvalue weighted by Gasteiger charge is -2.23. The smallest absolute Gasteiger partial charge is 0.191 e. The molecule has 0 saturated carbocycles. The van der Waals surface area contributed by atoms with Crippen molar-refractivity contribution in [2.24, 2.45) is 4.99 Å². The molecule has 1 unspecified atom stereocenters. The van der Waals surface area contributed by atoms with Crippen molar-refractivity contribution in [3.8, 4) is 0 Å². The number of halogens is 1. The van der Waals surface area contributed by atoms with Gasteiger partial charge in [0, 0.05) is 18.8 Å². The van der Waals surface area contributed by atoms with Crippen molar-refractivity contribution in [1.82, 2.24) is 10.6 Å². The minimum absolute atomic E-state index is 0.196. The molecule has 6 heteroatoms. The third-order valence-corrected chi connectivity index (χ3v) is 4.89. The molecule has 0 bridgehead atoms. The van der Waals surface area contributed by atoms with Gasteiger partial charge in [-0.3, -0.25) is 0 Å². The Kier molecular flexibility index (Phi) is 6.08.